The lowest BCUT2D eigenvalue weighted by Gasteiger charge is -2.08. The van der Waals surface area contributed by atoms with Gasteiger partial charge >= 0.3 is 0 Å². The number of carbonyl (C=O) groups is 2. The second-order valence-corrected chi connectivity index (χ2v) is 7.47. The number of hydrogen-bond acceptors (Lipinski definition) is 4. The van der Waals surface area contributed by atoms with Crippen LogP contribution in [0.4, 0.5) is 5.69 Å². The molecule has 0 atom stereocenters. The molecule has 2 amide bonds. The number of benzene rings is 1. The lowest BCUT2D eigenvalue weighted by molar-refractivity contribution is -0.119. The molecule has 0 aliphatic heterocycles. The molecule has 140 valence electrons. The minimum atomic E-state index is -0.228. The van der Waals surface area contributed by atoms with Crippen molar-refractivity contribution in [2.75, 3.05) is 5.32 Å². The second kappa shape index (κ2) is 8.37. The first-order valence-corrected chi connectivity index (χ1v) is 9.66. The van der Waals surface area contributed by atoms with E-state index in [1.54, 1.807) is 6.08 Å². The quantitative estimate of drug-likeness (QED) is 0.612. The number of halogens is 1. The molecule has 0 saturated heterocycles. The first kappa shape index (κ1) is 19.1. The number of carbonyl (C=O) groups excluding carboxylic acids is 2. The molecule has 0 fully saturated rings. The van der Waals surface area contributed by atoms with Crippen LogP contribution in [0, 0.1) is 5.92 Å². The van der Waals surface area contributed by atoms with E-state index in [1.807, 2.05) is 54.1 Å². The molecule has 3 aromatic rings. The molecule has 0 saturated carbocycles. The summed E-state index contributed by atoms with van der Waals surface area (Å²) >= 11 is 7.57. The SMILES string of the molecule is CC(C)C(=O)Nc1ccc(CNC(=O)/C=C/c2c(Cl)nc3sccn23)cc1. The lowest BCUT2D eigenvalue weighted by Crippen LogP contribution is -2.20. The van der Waals surface area contributed by atoms with Crippen LogP contribution >= 0.6 is 22.9 Å². The van der Waals surface area contributed by atoms with E-state index >= 15 is 0 Å². The Morgan fingerprint density at radius 3 is 2.74 bits per heavy atom. The Balaban J connectivity index is 1.55. The average molecular weight is 403 g/mol. The van der Waals surface area contributed by atoms with Crippen LogP contribution in [0.2, 0.25) is 5.15 Å². The summed E-state index contributed by atoms with van der Waals surface area (Å²) in [5, 5.41) is 7.92. The number of hydrogen-bond donors (Lipinski definition) is 2. The van der Waals surface area contributed by atoms with E-state index in [9.17, 15) is 9.59 Å². The van der Waals surface area contributed by atoms with Gasteiger partial charge in [0.2, 0.25) is 11.8 Å². The van der Waals surface area contributed by atoms with E-state index in [1.165, 1.54) is 17.4 Å². The van der Waals surface area contributed by atoms with Gasteiger partial charge in [0.05, 0.1) is 5.69 Å². The number of aromatic nitrogens is 2. The van der Waals surface area contributed by atoms with Crippen molar-refractivity contribution >= 4 is 51.5 Å². The highest BCUT2D eigenvalue weighted by molar-refractivity contribution is 7.15. The Bertz CT molecular complexity index is 989. The Morgan fingerprint density at radius 1 is 1.30 bits per heavy atom. The normalized spacial score (nSPS) is 11.4. The van der Waals surface area contributed by atoms with Crippen molar-refractivity contribution in [2.24, 2.45) is 5.92 Å². The maximum Gasteiger partial charge on any atom is 0.244 e. The van der Waals surface area contributed by atoms with E-state index in [0.29, 0.717) is 17.4 Å². The summed E-state index contributed by atoms with van der Waals surface area (Å²) in [6.45, 7) is 4.07. The number of thiazole rings is 1. The van der Waals surface area contributed by atoms with Gasteiger partial charge < -0.3 is 10.6 Å². The van der Waals surface area contributed by atoms with E-state index in [0.717, 1.165) is 16.2 Å². The zero-order chi connectivity index (χ0) is 19.4. The maximum atomic E-state index is 12.1. The smallest absolute Gasteiger partial charge is 0.244 e. The average Bonchev–Trinajstić information content (AvgIpc) is 3.20. The van der Waals surface area contributed by atoms with E-state index in [-0.39, 0.29) is 17.7 Å². The van der Waals surface area contributed by atoms with Crippen LogP contribution in [0.25, 0.3) is 11.0 Å². The molecule has 8 heteroatoms. The lowest BCUT2D eigenvalue weighted by atomic mass is 10.1. The van der Waals surface area contributed by atoms with Crippen molar-refractivity contribution in [1.82, 2.24) is 14.7 Å². The van der Waals surface area contributed by atoms with E-state index in [2.05, 4.69) is 15.6 Å². The van der Waals surface area contributed by atoms with Crippen molar-refractivity contribution in [3.63, 3.8) is 0 Å². The summed E-state index contributed by atoms with van der Waals surface area (Å²) in [6, 6.07) is 7.36. The summed E-state index contributed by atoms with van der Waals surface area (Å²) in [5.41, 5.74) is 2.34. The van der Waals surface area contributed by atoms with Crippen LogP contribution in [0.5, 0.6) is 0 Å². The zero-order valence-corrected chi connectivity index (χ0v) is 16.5. The van der Waals surface area contributed by atoms with Crippen LogP contribution < -0.4 is 10.6 Å². The number of imidazole rings is 1. The molecular formula is C19H19ClN4O2S. The topological polar surface area (TPSA) is 75.5 Å². The minimum absolute atomic E-state index is 0.0283. The largest absolute Gasteiger partial charge is 0.348 e. The Morgan fingerprint density at radius 2 is 2.04 bits per heavy atom. The molecule has 0 unspecified atom stereocenters. The van der Waals surface area contributed by atoms with Crippen molar-refractivity contribution in [3.05, 3.63) is 58.3 Å². The minimum Gasteiger partial charge on any atom is -0.348 e. The summed E-state index contributed by atoms with van der Waals surface area (Å²) < 4.78 is 1.83. The molecule has 1 aromatic carbocycles. The zero-order valence-electron chi connectivity index (χ0n) is 14.9. The standard InChI is InChI=1S/C19H19ClN4O2S/c1-12(2)18(26)22-14-5-3-13(4-6-14)11-21-16(25)8-7-15-17(20)23-19-24(15)9-10-27-19/h3-10,12H,11H2,1-2H3,(H,21,25)(H,22,26)/b8-7+. The van der Waals surface area contributed by atoms with Gasteiger partial charge in [0.25, 0.3) is 0 Å². The van der Waals surface area contributed by atoms with Gasteiger partial charge in [0.1, 0.15) is 0 Å². The maximum absolute atomic E-state index is 12.1. The van der Waals surface area contributed by atoms with Crippen LogP contribution in [-0.4, -0.2) is 21.2 Å². The first-order chi connectivity index (χ1) is 12.9. The van der Waals surface area contributed by atoms with Gasteiger partial charge in [-0.2, -0.15) is 0 Å². The molecule has 0 spiro atoms. The van der Waals surface area contributed by atoms with Gasteiger partial charge in [-0.1, -0.05) is 37.6 Å². The fourth-order valence-corrected chi connectivity index (χ4v) is 3.33. The Labute approximate surface area is 165 Å². The van der Waals surface area contributed by atoms with Crippen LogP contribution in [0.1, 0.15) is 25.1 Å². The third-order valence-electron chi connectivity index (χ3n) is 3.86. The first-order valence-electron chi connectivity index (χ1n) is 8.41. The molecule has 0 bridgehead atoms. The van der Waals surface area contributed by atoms with Gasteiger partial charge in [-0.05, 0) is 23.8 Å². The van der Waals surface area contributed by atoms with Gasteiger partial charge in [0, 0.05) is 35.8 Å². The second-order valence-electron chi connectivity index (χ2n) is 6.24. The summed E-state index contributed by atoms with van der Waals surface area (Å²) in [6.07, 6.45) is 4.94. The highest BCUT2D eigenvalue weighted by Crippen LogP contribution is 2.22. The molecular weight excluding hydrogens is 384 g/mol. The molecule has 27 heavy (non-hydrogen) atoms. The summed E-state index contributed by atoms with van der Waals surface area (Å²) in [4.78, 5) is 28.7. The van der Waals surface area contributed by atoms with Crippen LogP contribution in [0.3, 0.4) is 0 Å². The molecule has 0 aliphatic rings. The third-order valence-corrected chi connectivity index (χ3v) is 4.89. The number of anilines is 1. The fraction of sp³-hybridized carbons (Fsp3) is 0.211. The van der Waals surface area contributed by atoms with Crippen molar-refractivity contribution in [2.45, 2.75) is 20.4 Å². The van der Waals surface area contributed by atoms with E-state index in [4.69, 9.17) is 11.6 Å². The van der Waals surface area contributed by atoms with Gasteiger partial charge in [-0.3, -0.25) is 14.0 Å². The molecule has 2 aromatic heterocycles. The van der Waals surface area contributed by atoms with Crippen molar-refractivity contribution in [3.8, 4) is 0 Å². The highest BCUT2D eigenvalue weighted by atomic mass is 35.5. The Hall–Kier alpha value is -2.64. The monoisotopic (exact) mass is 402 g/mol. The molecule has 6 nitrogen and oxygen atoms in total. The van der Waals surface area contributed by atoms with Gasteiger partial charge in [0.15, 0.2) is 10.1 Å². The van der Waals surface area contributed by atoms with Gasteiger partial charge in [-0.15, -0.1) is 11.3 Å². The van der Waals surface area contributed by atoms with Crippen molar-refractivity contribution < 1.29 is 9.59 Å². The highest BCUT2D eigenvalue weighted by Gasteiger charge is 2.09. The van der Waals surface area contributed by atoms with Crippen LogP contribution in [0.15, 0.2) is 41.9 Å². The van der Waals surface area contributed by atoms with E-state index < -0.39 is 0 Å². The predicted molar refractivity (Wildman–Crippen MR) is 109 cm³/mol. The number of nitrogens with zero attached hydrogens (tertiary/aromatic N) is 2. The summed E-state index contributed by atoms with van der Waals surface area (Å²) in [5.74, 6) is -0.330. The molecule has 2 N–H and O–H groups in total. The number of nitrogens with one attached hydrogen (secondary N) is 2. The van der Waals surface area contributed by atoms with Crippen LogP contribution in [-0.2, 0) is 16.1 Å². The Kier molecular flexibility index (Phi) is 5.93. The molecule has 3 rings (SSSR count). The summed E-state index contributed by atoms with van der Waals surface area (Å²) in [7, 11) is 0. The molecule has 0 aliphatic carbocycles. The number of rotatable bonds is 6. The van der Waals surface area contributed by atoms with Gasteiger partial charge in [-0.25, -0.2) is 4.98 Å². The predicted octanol–water partition coefficient (Wildman–Crippen LogP) is 3.97. The number of amides is 2. The third kappa shape index (κ3) is 4.75. The molecule has 0 radical (unpaired) electrons. The molecule has 2 heterocycles. The van der Waals surface area contributed by atoms with Crippen molar-refractivity contribution in [1.29, 1.82) is 0 Å². The number of fused-ring (bicyclic) bond motifs is 1. The fourth-order valence-electron chi connectivity index (χ4n) is 2.32.